The van der Waals surface area contributed by atoms with E-state index in [1.807, 2.05) is 0 Å². The summed E-state index contributed by atoms with van der Waals surface area (Å²) in [5.41, 5.74) is 0.316. The summed E-state index contributed by atoms with van der Waals surface area (Å²) in [6.07, 6.45) is 10.6. The second-order valence-corrected chi connectivity index (χ2v) is 9.47. The first kappa shape index (κ1) is 15.9. The number of fused-ring (bicyclic) bond motifs is 5. The Labute approximate surface area is 140 Å². The summed E-state index contributed by atoms with van der Waals surface area (Å²) >= 11 is 0. The number of carbonyl (C=O) groups is 1. The number of carbonyl (C=O) groups excluding carboxylic acids is 1. The molecular weight excluding hydrogens is 284 g/mol. The Morgan fingerprint density at radius 2 is 1.91 bits per heavy atom. The highest BCUT2D eigenvalue weighted by atomic mass is 16.3. The van der Waals surface area contributed by atoms with Crippen LogP contribution in [0.3, 0.4) is 0 Å². The summed E-state index contributed by atoms with van der Waals surface area (Å²) in [6, 6.07) is 0. The van der Waals surface area contributed by atoms with Gasteiger partial charge in [-0.05, 0) is 80.0 Å². The fraction of sp³-hybridized carbons (Fsp3) is 0.857. The number of rotatable bonds is 1. The minimum Gasteiger partial charge on any atom is -0.393 e. The van der Waals surface area contributed by atoms with E-state index < -0.39 is 0 Å². The first-order chi connectivity index (χ1) is 10.9. The molecule has 4 aliphatic carbocycles. The van der Waals surface area contributed by atoms with E-state index in [1.54, 1.807) is 0 Å². The molecule has 0 spiro atoms. The van der Waals surface area contributed by atoms with Crippen molar-refractivity contribution in [3.05, 3.63) is 12.7 Å². The lowest BCUT2D eigenvalue weighted by molar-refractivity contribution is -0.149. The molecule has 0 heterocycles. The highest BCUT2D eigenvalue weighted by molar-refractivity contribution is 5.87. The van der Waals surface area contributed by atoms with Gasteiger partial charge >= 0.3 is 0 Å². The van der Waals surface area contributed by atoms with Crippen molar-refractivity contribution >= 4 is 5.78 Å². The van der Waals surface area contributed by atoms with Crippen molar-refractivity contribution in [2.75, 3.05) is 0 Å². The normalized spacial score (nSPS) is 55.7. The fourth-order valence-electron chi connectivity index (χ4n) is 7.32. The molecule has 4 fully saturated rings. The summed E-state index contributed by atoms with van der Waals surface area (Å²) in [5, 5.41) is 10.2. The maximum absolute atomic E-state index is 12.5. The standard InChI is InChI=1S/C21H32O2/c1-4-13-11-14-12-15(22)7-9-20(14,2)17-8-10-21(3)16(19(13)17)5-6-18(21)23/h4,13-17,19,22H,1,5-12H2,2-3H3/t13-,14-,15-,16-,17-,19-,20-,21-/m0/s1. The Bertz CT molecular complexity index is 526. The van der Waals surface area contributed by atoms with Crippen LogP contribution in [0.1, 0.15) is 65.2 Å². The number of Topliss-reactive ketones (excluding diaryl/α,β-unsaturated/α-hetero) is 1. The Morgan fingerprint density at radius 1 is 1.13 bits per heavy atom. The molecule has 128 valence electrons. The molecule has 0 unspecified atom stereocenters. The van der Waals surface area contributed by atoms with Gasteiger partial charge in [-0.2, -0.15) is 0 Å². The first-order valence-corrected chi connectivity index (χ1v) is 9.74. The third-order valence-corrected chi connectivity index (χ3v) is 8.75. The molecule has 2 heteroatoms. The van der Waals surface area contributed by atoms with E-state index >= 15 is 0 Å². The van der Waals surface area contributed by atoms with Crippen LogP contribution < -0.4 is 0 Å². The first-order valence-electron chi connectivity index (χ1n) is 9.74. The van der Waals surface area contributed by atoms with Crippen LogP contribution in [-0.4, -0.2) is 17.0 Å². The Balaban J connectivity index is 1.72. The van der Waals surface area contributed by atoms with Crippen molar-refractivity contribution in [1.29, 1.82) is 0 Å². The van der Waals surface area contributed by atoms with Crippen LogP contribution >= 0.6 is 0 Å². The number of allylic oxidation sites excluding steroid dienone is 1. The van der Waals surface area contributed by atoms with Crippen molar-refractivity contribution in [2.24, 2.45) is 40.4 Å². The van der Waals surface area contributed by atoms with Gasteiger partial charge in [-0.25, -0.2) is 0 Å². The van der Waals surface area contributed by atoms with E-state index in [0.29, 0.717) is 34.9 Å². The molecule has 0 bridgehead atoms. The highest BCUT2D eigenvalue weighted by Crippen LogP contribution is 2.66. The van der Waals surface area contributed by atoms with E-state index in [2.05, 4.69) is 26.5 Å². The van der Waals surface area contributed by atoms with Crippen LogP contribution in [0.4, 0.5) is 0 Å². The molecule has 2 nitrogen and oxygen atoms in total. The average molecular weight is 316 g/mol. The van der Waals surface area contributed by atoms with Crippen molar-refractivity contribution in [3.8, 4) is 0 Å². The maximum atomic E-state index is 12.5. The van der Waals surface area contributed by atoms with Crippen molar-refractivity contribution in [1.82, 2.24) is 0 Å². The van der Waals surface area contributed by atoms with E-state index in [0.717, 1.165) is 38.0 Å². The molecule has 0 amide bonds. The van der Waals surface area contributed by atoms with E-state index in [1.165, 1.54) is 19.3 Å². The molecule has 0 aromatic carbocycles. The van der Waals surface area contributed by atoms with Crippen LogP contribution in [0.25, 0.3) is 0 Å². The quantitative estimate of drug-likeness (QED) is 0.729. The van der Waals surface area contributed by atoms with E-state index in [4.69, 9.17) is 0 Å². The number of aliphatic hydroxyl groups is 1. The van der Waals surface area contributed by atoms with Gasteiger partial charge in [0.25, 0.3) is 0 Å². The van der Waals surface area contributed by atoms with Gasteiger partial charge in [0.05, 0.1) is 6.10 Å². The number of hydrogen-bond acceptors (Lipinski definition) is 2. The number of hydrogen-bond donors (Lipinski definition) is 1. The second-order valence-electron chi connectivity index (χ2n) is 9.47. The van der Waals surface area contributed by atoms with Gasteiger partial charge in [0.1, 0.15) is 5.78 Å². The third kappa shape index (κ3) is 2.06. The zero-order valence-electron chi connectivity index (χ0n) is 14.8. The molecule has 4 saturated carbocycles. The predicted molar refractivity (Wildman–Crippen MR) is 91.8 cm³/mol. The summed E-state index contributed by atoms with van der Waals surface area (Å²) in [7, 11) is 0. The molecule has 0 saturated heterocycles. The summed E-state index contributed by atoms with van der Waals surface area (Å²) in [5.74, 6) is 3.64. The zero-order valence-corrected chi connectivity index (χ0v) is 14.8. The van der Waals surface area contributed by atoms with Gasteiger partial charge < -0.3 is 5.11 Å². The fourth-order valence-corrected chi connectivity index (χ4v) is 7.32. The van der Waals surface area contributed by atoms with Crippen molar-refractivity contribution < 1.29 is 9.90 Å². The average Bonchev–Trinajstić information content (AvgIpc) is 2.83. The van der Waals surface area contributed by atoms with Crippen LogP contribution in [-0.2, 0) is 4.79 Å². The van der Waals surface area contributed by atoms with E-state index in [-0.39, 0.29) is 11.5 Å². The van der Waals surface area contributed by atoms with Crippen LogP contribution in [0, 0.1) is 40.4 Å². The molecule has 0 aromatic heterocycles. The third-order valence-electron chi connectivity index (χ3n) is 8.75. The number of ketones is 1. The predicted octanol–water partition coefficient (Wildman–Crippen LogP) is 4.37. The lowest BCUT2D eigenvalue weighted by Crippen LogP contribution is -2.56. The monoisotopic (exact) mass is 316 g/mol. The van der Waals surface area contributed by atoms with Gasteiger partial charge in [-0.1, -0.05) is 19.9 Å². The SMILES string of the molecule is C=C[C@H]1C[C@H]2C[C@@H](O)CC[C@]2(C)[C@H]2CC[C@]3(C)C(=O)CC[C@H]3[C@H]12. The summed E-state index contributed by atoms with van der Waals surface area (Å²) < 4.78 is 0. The molecule has 4 aliphatic rings. The lowest BCUT2D eigenvalue weighted by atomic mass is 9.43. The minimum absolute atomic E-state index is 0.0557. The molecule has 0 aliphatic heterocycles. The minimum atomic E-state index is -0.1000. The molecule has 1 N–H and O–H groups in total. The van der Waals surface area contributed by atoms with Gasteiger partial charge in [-0.3, -0.25) is 4.79 Å². The van der Waals surface area contributed by atoms with Crippen LogP contribution in [0.2, 0.25) is 0 Å². The second kappa shape index (κ2) is 5.18. The molecule has 8 atom stereocenters. The van der Waals surface area contributed by atoms with Crippen LogP contribution in [0.15, 0.2) is 12.7 Å². The topological polar surface area (TPSA) is 37.3 Å². The number of aliphatic hydroxyl groups excluding tert-OH is 1. The molecule has 4 rings (SSSR count). The Hall–Kier alpha value is -0.630. The molecule has 0 aromatic rings. The van der Waals surface area contributed by atoms with E-state index in [9.17, 15) is 9.90 Å². The van der Waals surface area contributed by atoms with Crippen LogP contribution in [0.5, 0.6) is 0 Å². The smallest absolute Gasteiger partial charge is 0.139 e. The summed E-state index contributed by atoms with van der Waals surface area (Å²) in [6.45, 7) is 8.92. The van der Waals surface area contributed by atoms with Crippen molar-refractivity contribution in [2.45, 2.75) is 71.3 Å². The molecule has 23 heavy (non-hydrogen) atoms. The Morgan fingerprint density at radius 3 is 2.65 bits per heavy atom. The molecule has 0 radical (unpaired) electrons. The van der Waals surface area contributed by atoms with Gasteiger partial charge in [-0.15, -0.1) is 6.58 Å². The maximum Gasteiger partial charge on any atom is 0.139 e. The largest absolute Gasteiger partial charge is 0.393 e. The molecular formula is C21H32O2. The lowest BCUT2D eigenvalue weighted by Gasteiger charge is -2.62. The van der Waals surface area contributed by atoms with Crippen molar-refractivity contribution in [3.63, 3.8) is 0 Å². The van der Waals surface area contributed by atoms with Gasteiger partial charge in [0.2, 0.25) is 0 Å². The van der Waals surface area contributed by atoms with Gasteiger partial charge in [0, 0.05) is 11.8 Å². The Kier molecular flexibility index (Phi) is 3.58. The zero-order chi connectivity index (χ0) is 16.4. The highest BCUT2D eigenvalue weighted by Gasteiger charge is 2.62. The summed E-state index contributed by atoms with van der Waals surface area (Å²) in [4.78, 5) is 12.5. The van der Waals surface area contributed by atoms with Gasteiger partial charge in [0.15, 0.2) is 0 Å².